The number of hydrogen-bond acceptors (Lipinski definition) is 5. The van der Waals surface area contributed by atoms with Gasteiger partial charge in [-0.1, -0.05) is 6.07 Å². The molecule has 1 aromatic carbocycles. The maximum Gasteiger partial charge on any atom is 0.257 e. The molecule has 1 fully saturated rings. The molecule has 2 aromatic heterocycles. The van der Waals surface area contributed by atoms with E-state index in [1.165, 1.54) is 24.2 Å². The molecule has 0 radical (unpaired) electrons. The third-order valence-electron chi connectivity index (χ3n) is 4.37. The molecule has 6 heteroatoms. The molecule has 0 atom stereocenters. The number of thiazole rings is 1. The van der Waals surface area contributed by atoms with E-state index in [1.807, 2.05) is 35.7 Å². The highest BCUT2D eigenvalue weighted by molar-refractivity contribution is 7.14. The minimum atomic E-state index is -0.181. The molecule has 0 unspecified atom stereocenters. The average molecular weight is 365 g/mol. The molecular formula is C20H19N3O2S. The second-order valence-corrected chi connectivity index (χ2v) is 7.11. The molecule has 2 heterocycles. The minimum Gasteiger partial charge on any atom is -0.490 e. The zero-order valence-corrected chi connectivity index (χ0v) is 15.0. The Balaban J connectivity index is 1.39. The van der Waals surface area contributed by atoms with E-state index in [2.05, 4.69) is 15.3 Å². The molecule has 0 spiro atoms. The van der Waals surface area contributed by atoms with Gasteiger partial charge in [0.2, 0.25) is 0 Å². The summed E-state index contributed by atoms with van der Waals surface area (Å²) in [6.45, 7) is 0. The lowest BCUT2D eigenvalue weighted by atomic mass is 10.2. The van der Waals surface area contributed by atoms with Gasteiger partial charge in [-0.25, -0.2) is 4.98 Å². The fraction of sp³-hybridized carbons (Fsp3) is 0.250. The van der Waals surface area contributed by atoms with E-state index >= 15 is 0 Å². The number of anilines is 1. The molecule has 1 aliphatic carbocycles. The summed E-state index contributed by atoms with van der Waals surface area (Å²) in [5.74, 6) is 0.638. The molecule has 0 saturated heterocycles. The Morgan fingerprint density at radius 2 is 1.88 bits per heavy atom. The lowest BCUT2D eigenvalue weighted by Crippen LogP contribution is -2.13. The molecule has 3 aromatic rings. The Hall–Kier alpha value is -2.73. The first-order valence-corrected chi connectivity index (χ1v) is 9.61. The lowest BCUT2D eigenvalue weighted by Gasteiger charge is -2.13. The van der Waals surface area contributed by atoms with Crippen LogP contribution >= 0.6 is 11.3 Å². The van der Waals surface area contributed by atoms with Crippen molar-refractivity contribution in [2.75, 3.05) is 5.32 Å². The fourth-order valence-corrected chi connectivity index (χ4v) is 3.72. The van der Waals surface area contributed by atoms with Crippen LogP contribution in [0.4, 0.5) is 5.13 Å². The van der Waals surface area contributed by atoms with Gasteiger partial charge in [-0.2, -0.15) is 0 Å². The molecule has 1 saturated carbocycles. The predicted molar refractivity (Wildman–Crippen MR) is 103 cm³/mol. The average Bonchev–Trinajstić information content (AvgIpc) is 3.35. The van der Waals surface area contributed by atoms with Crippen LogP contribution < -0.4 is 10.1 Å². The van der Waals surface area contributed by atoms with Gasteiger partial charge in [-0.3, -0.25) is 15.1 Å². The van der Waals surface area contributed by atoms with Gasteiger partial charge >= 0.3 is 0 Å². The first-order valence-electron chi connectivity index (χ1n) is 8.73. The highest BCUT2D eigenvalue weighted by Crippen LogP contribution is 2.25. The molecule has 4 rings (SSSR count). The normalized spacial score (nSPS) is 14.3. The Bertz CT molecular complexity index is 872. The van der Waals surface area contributed by atoms with Gasteiger partial charge < -0.3 is 4.74 Å². The van der Waals surface area contributed by atoms with Crippen LogP contribution in [0.2, 0.25) is 0 Å². The summed E-state index contributed by atoms with van der Waals surface area (Å²) in [7, 11) is 0. The van der Waals surface area contributed by atoms with Crippen LogP contribution in [0.5, 0.6) is 5.75 Å². The minimum absolute atomic E-state index is 0.181. The molecular weight excluding hydrogens is 346 g/mol. The molecule has 1 N–H and O–H groups in total. The number of rotatable bonds is 5. The summed E-state index contributed by atoms with van der Waals surface area (Å²) in [6, 6.07) is 12.9. The summed E-state index contributed by atoms with van der Waals surface area (Å²) >= 11 is 1.38. The van der Waals surface area contributed by atoms with Gasteiger partial charge in [-0.05, 0) is 62.1 Å². The molecule has 1 aliphatic rings. The van der Waals surface area contributed by atoms with E-state index < -0.39 is 0 Å². The summed E-state index contributed by atoms with van der Waals surface area (Å²) < 4.78 is 5.93. The zero-order chi connectivity index (χ0) is 17.8. The van der Waals surface area contributed by atoms with E-state index in [9.17, 15) is 4.79 Å². The standard InChI is InChI=1S/C20H19N3O2S/c24-19(14-8-10-16(11-9-14)25-15-5-1-2-6-15)23-20-22-18(13-26-20)17-7-3-4-12-21-17/h3-4,7-13,15H,1-2,5-6H2,(H,22,23,24). The van der Waals surface area contributed by atoms with E-state index in [0.29, 0.717) is 16.8 Å². The van der Waals surface area contributed by atoms with Crippen LogP contribution in [0, 0.1) is 0 Å². The smallest absolute Gasteiger partial charge is 0.257 e. The van der Waals surface area contributed by atoms with Crippen LogP contribution in [0.3, 0.4) is 0 Å². The third-order valence-corrected chi connectivity index (χ3v) is 5.13. The number of benzene rings is 1. The van der Waals surface area contributed by atoms with Crippen molar-refractivity contribution in [3.8, 4) is 17.1 Å². The Morgan fingerprint density at radius 1 is 1.08 bits per heavy atom. The van der Waals surface area contributed by atoms with Gasteiger partial charge in [0.1, 0.15) is 11.4 Å². The first kappa shape index (κ1) is 16.7. The van der Waals surface area contributed by atoms with Crippen LogP contribution in [0.25, 0.3) is 11.4 Å². The van der Waals surface area contributed by atoms with E-state index in [1.54, 1.807) is 18.3 Å². The highest BCUT2D eigenvalue weighted by atomic mass is 32.1. The van der Waals surface area contributed by atoms with Gasteiger partial charge in [0, 0.05) is 17.1 Å². The van der Waals surface area contributed by atoms with Crippen molar-refractivity contribution in [2.45, 2.75) is 31.8 Å². The predicted octanol–water partition coefficient (Wildman–Crippen LogP) is 4.78. The van der Waals surface area contributed by atoms with Crippen molar-refractivity contribution in [1.29, 1.82) is 0 Å². The number of nitrogens with one attached hydrogen (secondary N) is 1. The van der Waals surface area contributed by atoms with Gasteiger partial charge in [0.15, 0.2) is 5.13 Å². The first-order chi connectivity index (χ1) is 12.8. The monoisotopic (exact) mass is 365 g/mol. The van der Waals surface area contributed by atoms with E-state index in [-0.39, 0.29) is 5.91 Å². The summed E-state index contributed by atoms with van der Waals surface area (Å²) in [5, 5.41) is 5.28. The topological polar surface area (TPSA) is 64.1 Å². The number of nitrogens with zero attached hydrogens (tertiary/aromatic N) is 2. The lowest BCUT2D eigenvalue weighted by molar-refractivity contribution is 0.102. The second-order valence-electron chi connectivity index (χ2n) is 6.26. The molecule has 1 amide bonds. The van der Waals surface area contributed by atoms with Crippen molar-refractivity contribution in [2.24, 2.45) is 0 Å². The number of amides is 1. The highest BCUT2D eigenvalue weighted by Gasteiger charge is 2.17. The zero-order valence-electron chi connectivity index (χ0n) is 14.2. The Kier molecular flexibility index (Phi) is 4.93. The van der Waals surface area contributed by atoms with E-state index in [4.69, 9.17) is 4.74 Å². The number of pyridine rings is 1. The second kappa shape index (κ2) is 7.66. The van der Waals surface area contributed by atoms with Gasteiger partial charge in [0.25, 0.3) is 5.91 Å². The van der Waals surface area contributed by atoms with Crippen LogP contribution in [0.1, 0.15) is 36.0 Å². The van der Waals surface area contributed by atoms with Crippen LogP contribution in [0.15, 0.2) is 54.0 Å². The maximum absolute atomic E-state index is 12.4. The largest absolute Gasteiger partial charge is 0.490 e. The van der Waals surface area contributed by atoms with Crippen molar-refractivity contribution in [3.05, 3.63) is 59.6 Å². The Labute approximate surface area is 156 Å². The van der Waals surface area contributed by atoms with Gasteiger partial charge in [-0.15, -0.1) is 11.3 Å². The van der Waals surface area contributed by atoms with Crippen molar-refractivity contribution in [1.82, 2.24) is 9.97 Å². The molecule has 0 aliphatic heterocycles. The molecule has 0 bridgehead atoms. The van der Waals surface area contributed by atoms with Crippen molar-refractivity contribution in [3.63, 3.8) is 0 Å². The fourth-order valence-electron chi connectivity index (χ4n) is 3.02. The Morgan fingerprint density at radius 3 is 2.62 bits per heavy atom. The van der Waals surface area contributed by atoms with Crippen molar-refractivity contribution >= 4 is 22.4 Å². The number of ether oxygens (including phenoxy) is 1. The SMILES string of the molecule is O=C(Nc1nc(-c2ccccn2)cs1)c1ccc(OC2CCCC2)cc1. The molecule has 26 heavy (non-hydrogen) atoms. The number of aromatic nitrogens is 2. The van der Waals surface area contributed by atoms with Crippen molar-refractivity contribution < 1.29 is 9.53 Å². The molecule has 5 nitrogen and oxygen atoms in total. The van der Waals surface area contributed by atoms with Gasteiger partial charge in [0.05, 0.1) is 11.8 Å². The number of carbonyl (C=O) groups excluding carboxylic acids is 1. The number of hydrogen-bond donors (Lipinski definition) is 1. The number of carbonyl (C=O) groups is 1. The summed E-state index contributed by atoms with van der Waals surface area (Å²) in [6.07, 6.45) is 6.74. The van der Waals surface area contributed by atoms with Crippen LogP contribution in [-0.2, 0) is 0 Å². The summed E-state index contributed by atoms with van der Waals surface area (Å²) in [4.78, 5) is 21.1. The summed E-state index contributed by atoms with van der Waals surface area (Å²) in [5.41, 5.74) is 2.13. The van der Waals surface area contributed by atoms with E-state index in [0.717, 1.165) is 30.0 Å². The third kappa shape index (κ3) is 3.91. The molecule has 132 valence electrons. The quantitative estimate of drug-likeness (QED) is 0.707. The van der Waals surface area contributed by atoms with Crippen LogP contribution in [-0.4, -0.2) is 22.0 Å². The maximum atomic E-state index is 12.4.